The lowest BCUT2D eigenvalue weighted by Gasteiger charge is -2.14. The first-order valence-electron chi connectivity index (χ1n) is 8.76. The summed E-state index contributed by atoms with van der Waals surface area (Å²) in [6, 6.07) is 18.4. The molecule has 0 amide bonds. The molecule has 3 aromatic rings. The molecule has 5 nitrogen and oxygen atoms in total. The molecule has 2 aromatic carbocycles. The van der Waals surface area contributed by atoms with E-state index in [-0.39, 0.29) is 17.7 Å². The van der Waals surface area contributed by atoms with Crippen LogP contribution in [0.15, 0.2) is 66.9 Å². The minimum absolute atomic E-state index is 0.0270. The number of carbonyl (C=O) groups excluding carboxylic acids is 1. The van der Waals surface area contributed by atoms with E-state index in [1.807, 2.05) is 44.2 Å². The molecule has 0 saturated carbocycles. The molecule has 0 saturated heterocycles. The summed E-state index contributed by atoms with van der Waals surface area (Å²) in [6.45, 7) is 4.25. The fourth-order valence-corrected chi connectivity index (χ4v) is 2.63. The van der Waals surface area contributed by atoms with Crippen molar-refractivity contribution in [2.45, 2.75) is 26.6 Å². The normalized spacial score (nSPS) is 10.6. The second-order valence-electron chi connectivity index (χ2n) is 6.40. The van der Waals surface area contributed by atoms with E-state index in [2.05, 4.69) is 4.98 Å². The summed E-state index contributed by atoms with van der Waals surface area (Å²) < 4.78 is 11.7. The Morgan fingerprint density at radius 1 is 1.04 bits per heavy atom. The molecule has 0 aliphatic carbocycles. The number of anilines is 1. The number of aromatic nitrogens is 1. The summed E-state index contributed by atoms with van der Waals surface area (Å²) in [4.78, 5) is 16.9. The molecule has 2 N–H and O–H groups in total. The van der Waals surface area contributed by atoms with Gasteiger partial charge in [0.25, 0.3) is 0 Å². The van der Waals surface area contributed by atoms with Gasteiger partial charge >= 0.3 is 0 Å². The predicted molar refractivity (Wildman–Crippen MR) is 105 cm³/mol. The molecular weight excluding hydrogens is 340 g/mol. The molecule has 3 rings (SSSR count). The fraction of sp³-hybridized carbons (Fsp3) is 0.182. The Balaban J connectivity index is 1.90. The molecule has 27 heavy (non-hydrogen) atoms. The first-order chi connectivity index (χ1) is 13.0. The highest BCUT2D eigenvalue weighted by Gasteiger charge is 2.16. The lowest BCUT2D eigenvalue weighted by atomic mass is 10.0. The molecule has 0 bridgehead atoms. The molecule has 1 aromatic heterocycles. The van der Waals surface area contributed by atoms with Gasteiger partial charge in [-0.2, -0.15) is 0 Å². The third-order valence-electron chi connectivity index (χ3n) is 3.85. The van der Waals surface area contributed by atoms with Crippen molar-refractivity contribution < 1.29 is 14.3 Å². The van der Waals surface area contributed by atoms with Crippen molar-refractivity contribution in [3.05, 3.63) is 83.6 Å². The number of nitrogens with zero attached hydrogens (tertiary/aromatic N) is 1. The minimum Gasteiger partial charge on any atom is -0.491 e. The zero-order valence-electron chi connectivity index (χ0n) is 15.4. The van der Waals surface area contributed by atoms with Gasteiger partial charge in [-0.1, -0.05) is 30.3 Å². The summed E-state index contributed by atoms with van der Waals surface area (Å²) in [6.07, 6.45) is 1.53. The molecule has 0 atom stereocenters. The summed E-state index contributed by atoms with van der Waals surface area (Å²) in [5, 5.41) is 0. The van der Waals surface area contributed by atoms with Crippen LogP contribution in [0.4, 0.5) is 5.82 Å². The maximum Gasteiger partial charge on any atom is 0.197 e. The Morgan fingerprint density at radius 2 is 1.78 bits per heavy atom. The van der Waals surface area contributed by atoms with Gasteiger partial charge in [0, 0.05) is 17.8 Å². The summed E-state index contributed by atoms with van der Waals surface area (Å²) in [5.41, 5.74) is 7.69. The summed E-state index contributed by atoms with van der Waals surface area (Å²) >= 11 is 0. The van der Waals surface area contributed by atoms with E-state index in [0.717, 1.165) is 5.56 Å². The lowest BCUT2D eigenvalue weighted by molar-refractivity contribution is 0.103. The number of hydrogen-bond donors (Lipinski definition) is 1. The maximum atomic E-state index is 12.9. The van der Waals surface area contributed by atoms with Gasteiger partial charge < -0.3 is 15.2 Å². The number of nitrogen functional groups attached to an aromatic ring is 1. The molecular formula is C22H22N2O3. The second kappa shape index (κ2) is 8.36. The van der Waals surface area contributed by atoms with Crippen LogP contribution in [0.2, 0.25) is 0 Å². The van der Waals surface area contributed by atoms with Crippen molar-refractivity contribution in [1.29, 1.82) is 0 Å². The Morgan fingerprint density at radius 3 is 2.48 bits per heavy atom. The van der Waals surface area contributed by atoms with Crippen LogP contribution in [0.25, 0.3) is 0 Å². The van der Waals surface area contributed by atoms with Crippen LogP contribution in [0.3, 0.4) is 0 Å². The van der Waals surface area contributed by atoms with Crippen LogP contribution in [-0.2, 0) is 6.61 Å². The second-order valence-corrected chi connectivity index (χ2v) is 6.40. The van der Waals surface area contributed by atoms with Gasteiger partial charge in [-0.25, -0.2) is 4.98 Å². The smallest absolute Gasteiger partial charge is 0.197 e. The Labute approximate surface area is 158 Å². The topological polar surface area (TPSA) is 74.4 Å². The van der Waals surface area contributed by atoms with Crippen molar-refractivity contribution in [2.24, 2.45) is 0 Å². The predicted octanol–water partition coefficient (Wildman–Crippen LogP) is 4.26. The molecule has 0 radical (unpaired) electrons. The standard InChI is InChI=1S/C22H22N2O3/c1-15(2)27-19-12-17(21(25)20-9-6-10-24-22(20)23)11-18(13-19)26-14-16-7-4-3-5-8-16/h3-13,15H,14H2,1-2H3,(H2,23,24). The number of benzene rings is 2. The van der Waals surface area contributed by atoms with Crippen molar-refractivity contribution in [3.63, 3.8) is 0 Å². The van der Waals surface area contributed by atoms with Crippen LogP contribution < -0.4 is 15.2 Å². The first kappa shape index (κ1) is 18.5. The van der Waals surface area contributed by atoms with Crippen LogP contribution in [0.5, 0.6) is 11.5 Å². The van der Waals surface area contributed by atoms with E-state index in [9.17, 15) is 4.79 Å². The van der Waals surface area contributed by atoms with E-state index in [1.54, 1.807) is 36.5 Å². The van der Waals surface area contributed by atoms with Crippen molar-refractivity contribution in [2.75, 3.05) is 5.73 Å². The van der Waals surface area contributed by atoms with Gasteiger partial charge in [-0.15, -0.1) is 0 Å². The molecule has 5 heteroatoms. The number of hydrogen-bond acceptors (Lipinski definition) is 5. The van der Waals surface area contributed by atoms with Gasteiger partial charge in [-0.3, -0.25) is 4.79 Å². The van der Waals surface area contributed by atoms with Gasteiger partial charge in [-0.05, 0) is 43.7 Å². The van der Waals surface area contributed by atoms with Gasteiger partial charge in [0.2, 0.25) is 0 Å². The van der Waals surface area contributed by atoms with E-state index < -0.39 is 0 Å². The SMILES string of the molecule is CC(C)Oc1cc(OCc2ccccc2)cc(C(=O)c2cccnc2N)c1. The Bertz CT molecular complexity index is 924. The minimum atomic E-state index is -0.223. The lowest BCUT2D eigenvalue weighted by Crippen LogP contribution is -2.10. The van der Waals surface area contributed by atoms with Crippen LogP contribution in [0.1, 0.15) is 35.3 Å². The maximum absolute atomic E-state index is 12.9. The third-order valence-corrected chi connectivity index (χ3v) is 3.85. The average molecular weight is 362 g/mol. The molecule has 138 valence electrons. The van der Waals surface area contributed by atoms with Gasteiger partial charge in [0.15, 0.2) is 5.78 Å². The summed E-state index contributed by atoms with van der Waals surface area (Å²) in [5.74, 6) is 1.10. The van der Waals surface area contributed by atoms with Crippen LogP contribution in [-0.4, -0.2) is 16.9 Å². The van der Waals surface area contributed by atoms with Crippen molar-refractivity contribution in [1.82, 2.24) is 4.98 Å². The Hall–Kier alpha value is -3.34. The number of ether oxygens (including phenoxy) is 2. The fourth-order valence-electron chi connectivity index (χ4n) is 2.63. The quantitative estimate of drug-likeness (QED) is 0.636. The van der Waals surface area contributed by atoms with E-state index in [1.165, 1.54) is 0 Å². The van der Waals surface area contributed by atoms with E-state index in [4.69, 9.17) is 15.2 Å². The zero-order chi connectivity index (χ0) is 19.2. The number of nitrogens with two attached hydrogens (primary N) is 1. The summed E-state index contributed by atoms with van der Waals surface area (Å²) in [7, 11) is 0. The Kier molecular flexibility index (Phi) is 5.71. The number of rotatable bonds is 7. The van der Waals surface area contributed by atoms with Crippen molar-refractivity contribution >= 4 is 11.6 Å². The van der Waals surface area contributed by atoms with Crippen molar-refractivity contribution in [3.8, 4) is 11.5 Å². The first-order valence-corrected chi connectivity index (χ1v) is 8.76. The number of ketones is 1. The number of carbonyl (C=O) groups is 1. The van der Waals surface area contributed by atoms with E-state index in [0.29, 0.717) is 29.2 Å². The molecule has 0 spiro atoms. The largest absolute Gasteiger partial charge is 0.491 e. The van der Waals surface area contributed by atoms with Crippen LogP contribution in [0, 0.1) is 0 Å². The molecule has 0 aliphatic rings. The highest BCUT2D eigenvalue weighted by atomic mass is 16.5. The molecule has 0 fully saturated rings. The monoisotopic (exact) mass is 362 g/mol. The highest BCUT2D eigenvalue weighted by Crippen LogP contribution is 2.27. The zero-order valence-corrected chi connectivity index (χ0v) is 15.4. The van der Waals surface area contributed by atoms with E-state index >= 15 is 0 Å². The molecule has 0 aliphatic heterocycles. The van der Waals surface area contributed by atoms with Crippen LogP contribution >= 0.6 is 0 Å². The average Bonchev–Trinajstić information content (AvgIpc) is 2.66. The van der Waals surface area contributed by atoms with Gasteiger partial charge in [0.1, 0.15) is 23.9 Å². The highest BCUT2D eigenvalue weighted by molar-refractivity contribution is 6.11. The number of pyridine rings is 1. The molecule has 0 unspecified atom stereocenters. The molecule has 1 heterocycles. The van der Waals surface area contributed by atoms with Gasteiger partial charge in [0.05, 0.1) is 11.7 Å². The third kappa shape index (κ3) is 4.85.